The molecule has 1 heterocycles. The first kappa shape index (κ1) is 22.4. The molecular weight excluding hydrogens is 440 g/mol. The number of halogens is 1. The fourth-order valence-corrected chi connectivity index (χ4v) is 3.86. The molecule has 0 spiro atoms. The van der Waals surface area contributed by atoms with E-state index in [2.05, 4.69) is 5.32 Å². The van der Waals surface area contributed by atoms with E-state index in [9.17, 15) is 9.59 Å². The number of ether oxygens (including phenoxy) is 2. The Hall–Kier alpha value is -3.77. The minimum absolute atomic E-state index is 0.165. The number of hydrogen-bond donors (Lipinski definition) is 1. The van der Waals surface area contributed by atoms with E-state index in [-0.39, 0.29) is 11.3 Å². The van der Waals surface area contributed by atoms with Crippen LogP contribution in [-0.2, 0) is 9.59 Å². The van der Waals surface area contributed by atoms with E-state index < -0.39 is 11.8 Å². The summed E-state index contributed by atoms with van der Waals surface area (Å²) in [4.78, 5) is 28.1. The second-order valence-electron chi connectivity index (χ2n) is 7.17. The van der Waals surface area contributed by atoms with Gasteiger partial charge in [0.15, 0.2) is 11.5 Å². The number of amides is 2. The van der Waals surface area contributed by atoms with Crippen LogP contribution >= 0.6 is 11.6 Å². The van der Waals surface area contributed by atoms with Crippen LogP contribution in [0.25, 0.3) is 5.57 Å². The van der Waals surface area contributed by atoms with Crippen LogP contribution in [0.1, 0.15) is 19.4 Å². The van der Waals surface area contributed by atoms with Crippen molar-refractivity contribution in [2.45, 2.75) is 13.8 Å². The third-order valence-electron chi connectivity index (χ3n) is 5.05. The first-order valence-corrected chi connectivity index (χ1v) is 11.0. The largest absolute Gasteiger partial charge is 0.490 e. The number of nitrogens with one attached hydrogen (secondary N) is 1. The van der Waals surface area contributed by atoms with Gasteiger partial charge in [0.1, 0.15) is 5.70 Å². The summed E-state index contributed by atoms with van der Waals surface area (Å²) in [6.45, 7) is 4.73. The first-order valence-electron chi connectivity index (χ1n) is 10.6. The quantitative estimate of drug-likeness (QED) is 0.445. The standard InChI is InChI=1S/C26H23ClN2O4/c1-3-32-21-15-14-18(16-22(21)33-4-2)28-24-23(17-10-6-5-7-11-17)25(30)29(26(24)31)20-13-9-8-12-19(20)27/h5-16,28H,3-4H2,1-2H3. The van der Waals surface area contributed by atoms with Crippen molar-refractivity contribution in [2.24, 2.45) is 0 Å². The molecule has 3 aromatic carbocycles. The zero-order chi connectivity index (χ0) is 23.4. The van der Waals surface area contributed by atoms with Gasteiger partial charge >= 0.3 is 0 Å². The summed E-state index contributed by atoms with van der Waals surface area (Å²) >= 11 is 6.32. The molecular formula is C26H23ClN2O4. The molecule has 6 nitrogen and oxygen atoms in total. The van der Waals surface area contributed by atoms with Gasteiger partial charge in [-0.25, -0.2) is 4.90 Å². The van der Waals surface area contributed by atoms with Gasteiger partial charge in [-0.1, -0.05) is 54.1 Å². The minimum Gasteiger partial charge on any atom is -0.490 e. The third kappa shape index (κ3) is 4.43. The number of para-hydroxylation sites is 1. The van der Waals surface area contributed by atoms with Crippen molar-refractivity contribution < 1.29 is 19.1 Å². The Bertz CT molecular complexity index is 1220. The lowest BCUT2D eigenvalue weighted by Crippen LogP contribution is -2.32. The Morgan fingerprint density at radius 1 is 0.818 bits per heavy atom. The summed E-state index contributed by atoms with van der Waals surface area (Å²) in [5.41, 5.74) is 1.99. The number of benzene rings is 3. The maximum absolute atomic E-state index is 13.5. The molecule has 0 aliphatic carbocycles. The number of hydrogen-bond acceptors (Lipinski definition) is 5. The van der Waals surface area contributed by atoms with Gasteiger partial charge in [0, 0.05) is 11.8 Å². The predicted molar refractivity (Wildman–Crippen MR) is 130 cm³/mol. The lowest BCUT2D eigenvalue weighted by atomic mass is 10.0. The van der Waals surface area contributed by atoms with Gasteiger partial charge in [-0.3, -0.25) is 9.59 Å². The van der Waals surface area contributed by atoms with E-state index in [1.54, 1.807) is 54.6 Å². The number of carbonyl (C=O) groups excluding carboxylic acids is 2. The van der Waals surface area contributed by atoms with Gasteiger partial charge in [0.05, 0.1) is 29.5 Å². The Kier molecular flexibility index (Phi) is 6.66. The van der Waals surface area contributed by atoms with Crippen LogP contribution in [0.3, 0.4) is 0 Å². The summed E-state index contributed by atoms with van der Waals surface area (Å²) in [5, 5.41) is 3.46. The molecule has 4 rings (SSSR count). The molecule has 0 unspecified atom stereocenters. The van der Waals surface area contributed by atoms with E-state index in [0.717, 1.165) is 4.90 Å². The maximum Gasteiger partial charge on any atom is 0.282 e. The monoisotopic (exact) mass is 462 g/mol. The molecule has 1 aliphatic heterocycles. The van der Waals surface area contributed by atoms with Crippen molar-refractivity contribution in [3.63, 3.8) is 0 Å². The van der Waals surface area contributed by atoms with Crippen LogP contribution in [0.5, 0.6) is 11.5 Å². The third-order valence-corrected chi connectivity index (χ3v) is 5.37. The van der Waals surface area contributed by atoms with Crippen LogP contribution < -0.4 is 19.7 Å². The summed E-state index contributed by atoms with van der Waals surface area (Å²) in [6, 6.07) is 21.1. The minimum atomic E-state index is -0.487. The van der Waals surface area contributed by atoms with Gasteiger partial charge in [0.2, 0.25) is 0 Å². The Balaban J connectivity index is 1.79. The lowest BCUT2D eigenvalue weighted by molar-refractivity contribution is -0.120. The zero-order valence-electron chi connectivity index (χ0n) is 18.3. The van der Waals surface area contributed by atoms with E-state index in [1.807, 2.05) is 32.0 Å². The highest BCUT2D eigenvalue weighted by Gasteiger charge is 2.41. The van der Waals surface area contributed by atoms with Crippen molar-refractivity contribution >= 4 is 40.4 Å². The second-order valence-corrected chi connectivity index (χ2v) is 7.57. The van der Waals surface area contributed by atoms with E-state index in [4.69, 9.17) is 21.1 Å². The Labute approximate surface area is 197 Å². The summed E-state index contributed by atoms with van der Waals surface area (Å²) < 4.78 is 11.3. The zero-order valence-corrected chi connectivity index (χ0v) is 19.1. The molecule has 0 aromatic heterocycles. The maximum atomic E-state index is 13.5. The molecule has 0 saturated carbocycles. The summed E-state index contributed by atoms with van der Waals surface area (Å²) in [6.07, 6.45) is 0. The number of anilines is 2. The molecule has 0 atom stereocenters. The smallest absolute Gasteiger partial charge is 0.282 e. The number of rotatable bonds is 8. The van der Waals surface area contributed by atoms with Crippen molar-refractivity contribution in [1.82, 2.24) is 0 Å². The van der Waals surface area contributed by atoms with E-state index in [0.29, 0.717) is 46.7 Å². The molecule has 33 heavy (non-hydrogen) atoms. The van der Waals surface area contributed by atoms with Crippen molar-refractivity contribution in [3.8, 4) is 11.5 Å². The van der Waals surface area contributed by atoms with Crippen molar-refractivity contribution in [2.75, 3.05) is 23.4 Å². The molecule has 0 saturated heterocycles. The Morgan fingerprint density at radius 3 is 2.18 bits per heavy atom. The summed E-state index contributed by atoms with van der Waals surface area (Å²) in [7, 11) is 0. The number of imide groups is 1. The van der Waals surface area contributed by atoms with Crippen LogP contribution in [0.2, 0.25) is 5.02 Å². The summed E-state index contributed by atoms with van der Waals surface area (Å²) in [5.74, 6) is 0.219. The highest BCUT2D eigenvalue weighted by molar-refractivity contribution is 6.48. The first-order chi connectivity index (χ1) is 16.0. The molecule has 7 heteroatoms. The second kappa shape index (κ2) is 9.79. The highest BCUT2D eigenvalue weighted by atomic mass is 35.5. The topological polar surface area (TPSA) is 67.9 Å². The highest BCUT2D eigenvalue weighted by Crippen LogP contribution is 2.38. The molecule has 3 aromatic rings. The van der Waals surface area contributed by atoms with E-state index >= 15 is 0 Å². The van der Waals surface area contributed by atoms with Gasteiger partial charge in [-0.05, 0) is 43.7 Å². The molecule has 1 N–H and O–H groups in total. The number of carbonyl (C=O) groups is 2. The molecule has 2 amide bonds. The van der Waals surface area contributed by atoms with Crippen LogP contribution in [-0.4, -0.2) is 25.0 Å². The molecule has 0 fully saturated rings. The fourth-order valence-electron chi connectivity index (χ4n) is 3.64. The van der Waals surface area contributed by atoms with Crippen LogP contribution in [0, 0.1) is 0 Å². The SMILES string of the molecule is CCOc1ccc(NC2=C(c3ccccc3)C(=O)N(c3ccccc3Cl)C2=O)cc1OCC. The fraction of sp³-hybridized carbons (Fsp3) is 0.154. The van der Waals surface area contributed by atoms with Crippen molar-refractivity contribution in [1.29, 1.82) is 0 Å². The average Bonchev–Trinajstić information content (AvgIpc) is 3.06. The average molecular weight is 463 g/mol. The normalized spacial score (nSPS) is 13.5. The van der Waals surface area contributed by atoms with Gasteiger partial charge in [-0.15, -0.1) is 0 Å². The van der Waals surface area contributed by atoms with Gasteiger partial charge in [-0.2, -0.15) is 0 Å². The molecule has 1 aliphatic rings. The molecule has 0 bridgehead atoms. The van der Waals surface area contributed by atoms with Crippen LogP contribution in [0.4, 0.5) is 11.4 Å². The number of nitrogens with zero attached hydrogens (tertiary/aromatic N) is 1. The van der Waals surface area contributed by atoms with Crippen LogP contribution in [0.15, 0.2) is 78.5 Å². The molecule has 0 radical (unpaired) electrons. The van der Waals surface area contributed by atoms with Gasteiger partial charge < -0.3 is 14.8 Å². The van der Waals surface area contributed by atoms with E-state index in [1.165, 1.54) is 0 Å². The van der Waals surface area contributed by atoms with Crippen molar-refractivity contribution in [3.05, 3.63) is 89.1 Å². The predicted octanol–water partition coefficient (Wildman–Crippen LogP) is 5.53. The lowest BCUT2D eigenvalue weighted by Gasteiger charge is -2.17. The Morgan fingerprint density at radius 2 is 1.48 bits per heavy atom. The molecule has 168 valence electrons. The van der Waals surface area contributed by atoms with Gasteiger partial charge in [0.25, 0.3) is 11.8 Å².